The van der Waals surface area contributed by atoms with Crippen molar-refractivity contribution in [2.75, 3.05) is 17.6 Å². The Labute approximate surface area is 156 Å². The molecular weight excluding hydrogens is 363 g/mol. The van der Waals surface area contributed by atoms with Crippen LogP contribution in [0.3, 0.4) is 0 Å². The average molecular weight is 381 g/mol. The monoisotopic (exact) mass is 380 g/mol. The van der Waals surface area contributed by atoms with Crippen molar-refractivity contribution in [1.29, 1.82) is 0 Å². The number of carbonyl (C=O) groups is 1. The summed E-state index contributed by atoms with van der Waals surface area (Å²) < 4.78 is 0. The Morgan fingerprint density at radius 2 is 2.04 bits per heavy atom. The van der Waals surface area contributed by atoms with Crippen LogP contribution < -0.4 is 5.32 Å². The van der Waals surface area contributed by atoms with Crippen LogP contribution in [-0.4, -0.2) is 23.2 Å². The van der Waals surface area contributed by atoms with Gasteiger partial charge in [-0.2, -0.15) is 0 Å². The van der Waals surface area contributed by atoms with Gasteiger partial charge >= 0.3 is 6.03 Å². The molecule has 1 fully saturated rings. The molecule has 3 rings (SSSR count). The van der Waals surface area contributed by atoms with Gasteiger partial charge in [-0.15, -0.1) is 11.8 Å². The molecule has 0 aliphatic carbocycles. The molecule has 0 aromatic heterocycles. The second kappa shape index (κ2) is 7.26. The van der Waals surface area contributed by atoms with Crippen molar-refractivity contribution in [3.63, 3.8) is 0 Å². The first-order valence-corrected chi connectivity index (χ1v) is 9.48. The van der Waals surface area contributed by atoms with E-state index >= 15 is 0 Å². The predicted molar refractivity (Wildman–Crippen MR) is 103 cm³/mol. The van der Waals surface area contributed by atoms with Gasteiger partial charge in [0.2, 0.25) is 0 Å². The van der Waals surface area contributed by atoms with Crippen LogP contribution in [0.2, 0.25) is 10.0 Å². The summed E-state index contributed by atoms with van der Waals surface area (Å²) in [4.78, 5) is 14.6. The van der Waals surface area contributed by atoms with Crippen LogP contribution in [0, 0.1) is 13.8 Å². The van der Waals surface area contributed by atoms with Gasteiger partial charge in [-0.25, -0.2) is 4.79 Å². The first kappa shape index (κ1) is 17.5. The SMILES string of the molecule is Cc1ccc([C@@H]2SCCN2C(=O)Nc2cccc(Cl)c2Cl)c(C)c1. The Kier molecular flexibility index (Phi) is 5.28. The Hall–Kier alpha value is -1.36. The smallest absolute Gasteiger partial charge is 0.308 e. The Morgan fingerprint density at radius 1 is 1.25 bits per heavy atom. The molecular formula is C18H18Cl2N2OS. The van der Waals surface area contributed by atoms with Crippen molar-refractivity contribution < 1.29 is 4.79 Å². The fraction of sp³-hybridized carbons (Fsp3) is 0.278. The maximum Gasteiger partial charge on any atom is 0.323 e. The number of hydrogen-bond donors (Lipinski definition) is 1. The average Bonchev–Trinajstić information content (AvgIpc) is 3.01. The summed E-state index contributed by atoms with van der Waals surface area (Å²) in [6.45, 7) is 4.86. The molecule has 1 atom stereocenters. The van der Waals surface area contributed by atoms with E-state index in [0.717, 1.165) is 5.75 Å². The van der Waals surface area contributed by atoms with Gasteiger partial charge in [0.05, 0.1) is 15.7 Å². The molecule has 2 aromatic rings. The Morgan fingerprint density at radius 3 is 2.79 bits per heavy atom. The van der Waals surface area contributed by atoms with E-state index in [1.807, 2.05) is 4.90 Å². The van der Waals surface area contributed by atoms with E-state index in [1.54, 1.807) is 30.0 Å². The molecule has 6 heteroatoms. The molecule has 1 aliphatic heterocycles. The quantitative estimate of drug-likeness (QED) is 0.704. The van der Waals surface area contributed by atoms with E-state index < -0.39 is 0 Å². The maximum absolute atomic E-state index is 12.7. The van der Waals surface area contributed by atoms with E-state index in [9.17, 15) is 4.79 Å². The predicted octanol–water partition coefficient (Wildman–Crippen LogP) is 5.89. The zero-order valence-corrected chi connectivity index (χ0v) is 15.8. The molecule has 1 N–H and O–H groups in total. The fourth-order valence-corrected chi connectivity index (χ4v) is 4.52. The summed E-state index contributed by atoms with van der Waals surface area (Å²) in [6.07, 6.45) is 0. The molecule has 0 unspecified atom stereocenters. The van der Waals surface area contributed by atoms with Crippen molar-refractivity contribution in [2.24, 2.45) is 0 Å². The van der Waals surface area contributed by atoms with E-state index in [-0.39, 0.29) is 11.4 Å². The van der Waals surface area contributed by atoms with Gasteiger partial charge in [0, 0.05) is 12.3 Å². The summed E-state index contributed by atoms with van der Waals surface area (Å²) in [7, 11) is 0. The number of halogens is 2. The number of amides is 2. The van der Waals surface area contributed by atoms with Crippen LogP contribution in [0.4, 0.5) is 10.5 Å². The van der Waals surface area contributed by atoms with Crippen molar-refractivity contribution in [2.45, 2.75) is 19.2 Å². The minimum Gasteiger partial charge on any atom is -0.308 e. The molecule has 1 heterocycles. The topological polar surface area (TPSA) is 32.3 Å². The highest BCUT2D eigenvalue weighted by molar-refractivity contribution is 7.99. The first-order chi connectivity index (χ1) is 11.5. The number of nitrogens with zero attached hydrogens (tertiary/aromatic N) is 1. The first-order valence-electron chi connectivity index (χ1n) is 7.68. The molecule has 0 radical (unpaired) electrons. The van der Waals surface area contributed by atoms with Crippen LogP contribution >= 0.6 is 35.0 Å². The molecule has 0 bridgehead atoms. The molecule has 24 heavy (non-hydrogen) atoms. The number of anilines is 1. The van der Waals surface area contributed by atoms with Crippen molar-refractivity contribution in [1.82, 2.24) is 4.90 Å². The summed E-state index contributed by atoms with van der Waals surface area (Å²) in [5.41, 5.74) is 4.13. The van der Waals surface area contributed by atoms with Crippen LogP contribution in [0.1, 0.15) is 22.1 Å². The summed E-state index contributed by atoms with van der Waals surface area (Å²) in [5.74, 6) is 0.911. The van der Waals surface area contributed by atoms with Gasteiger partial charge in [0.25, 0.3) is 0 Å². The Bertz CT molecular complexity index is 782. The van der Waals surface area contributed by atoms with Gasteiger partial charge in [0.1, 0.15) is 5.37 Å². The van der Waals surface area contributed by atoms with Gasteiger partial charge in [-0.3, -0.25) is 0 Å². The lowest BCUT2D eigenvalue weighted by Gasteiger charge is -2.26. The van der Waals surface area contributed by atoms with Crippen LogP contribution in [-0.2, 0) is 0 Å². The van der Waals surface area contributed by atoms with E-state index in [0.29, 0.717) is 22.3 Å². The number of urea groups is 1. The zero-order chi connectivity index (χ0) is 17.3. The minimum atomic E-state index is -0.158. The van der Waals surface area contributed by atoms with Gasteiger partial charge in [-0.1, -0.05) is 53.0 Å². The summed E-state index contributed by atoms with van der Waals surface area (Å²) in [6, 6.07) is 11.4. The van der Waals surface area contributed by atoms with Gasteiger partial charge in [-0.05, 0) is 37.1 Å². The van der Waals surface area contributed by atoms with E-state index in [4.69, 9.17) is 23.2 Å². The number of benzene rings is 2. The number of rotatable bonds is 2. The number of carbonyl (C=O) groups excluding carboxylic acids is 1. The summed E-state index contributed by atoms with van der Waals surface area (Å²) >= 11 is 14.0. The summed E-state index contributed by atoms with van der Waals surface area (Å²) in [5, 5.41) is 3.69. The molecule has 0 spiro atoms. The maximum atomic E-state index is 12.7. The molecule has 2 amide bonds. The molecule has 126 valence electrons. The number of hydrogen-bond acceptors (Lipinski definition) is 2. The molecule has 3 nitrogen and oxygen atoms in total. The number of nitrogens with one attached hydrogen (secondary N) is 1. The van der Waals surface area contributed by atoms with Crippen LogP contribution in [0.15, 0.2) is 36.4 Å². The largest absolute Gasteiger partial charge is 0.323 e. The second-order valence-electron chi connectivity index (χ2n) is 5.81. The van der Waals surface area contributed by atoms with Crippen molar-refractivity contribution in [3.05, 3.63) is 63.1 Å². The fourth-order valence-electron chi connectivity index (χ4n) is 2.83. The molecule has 2 aromatic carbocycles. The third-order valence-electron chi connectivity index (χ3n) is 4.04. The van der Waals surface area contributed by atoms with Crippen molar-refractivity contribution in [3.8, 4) is 0 Å². The Balaban J connectivity index is 1.82. The highest BCUT2D eigenvalue weighted by atomic mass is 35.5. The highest BCUT2D eigenvalue weighted by Gasteiger charge is 2.31. The van der Waals surface area contributed by atoms with Gasteiger partial charge < -0.3 is 10.2 Å². The van der Waals surface area contributed by atoms with Crippen molar-refractivity contribution >= 4 is 46.7 Å². The standard InChI is InChI=1S/C18H18Cl2N2OS/c1-11-6-7-13(12(2)10-11)17-22(8-9-24-17)18(23)21-15-5-3-4-14(19)16(15)20/h3-7,10,17H,8-9H2,1-2H3,(H,21,23)/t17-/m0/s1. The number of thioether (sulfide) groups is 1. The third-order valence-corrected chi connectivity index (χ3v) is 6.10. The van der Waals surface area contributed by atoms with Crippen LogP contribution in [0.5, 0.6) is 0 Å². The van der Waals surface area contributed by atoms with E-state index in [1.165, 1.54) is 16.7 Å². The zero-order valence-electron chi connectivity index (χ0n) is 13.5. The number of aryl methyl sites for hydroxylation is 2. The lowest BCUT2D eigenvalue weighted by atomic mass is 10.1. The van der Waals surface area contributed by atoms with Crippen LogP contribution in [0.25, 0.3) is 0 Å². The second-order valence-corrected chi connectivity index (χ2v) is 7.78. The molecule has 1 aliphatic rings. The highest BCUT2D eigenvalue weighted by Crippen LogP contribution is 2.40. The lowest BCUT2D eigenvalue weighted by Crippen LogP contribution is -2.34. The normalized spacial score (nSPS) is 17.2. The minimum absolute atomic E-state index is 0.0172. The molecule has 1 saturated heterocycles. The molecule has 0 saturated carbocycles. The van der Waals surface area contributed by atoms with Gasteiger partial charge in [0.15, 0.2) is 0 Å². The third kappa shape index (κ3) is 3.51. The lowest BCUT2D eigenvalue weighted by molar-refractivity contribution is 0.214. The van der Waals surface area contributed by atoms with E-state index in [2.05, 4.69) is 37.4 Å².